The van der Waals surface area contributed by atoms with Gasteiger partial charge in [0.15, 0.2) is 15.8 Å². The predicted octanol–water partition coefficient (Wildman–Crippen LogP) is 2.40. The number of nitrogens with zero attached hydrogens (tertiary/aromatic N) is 4. The first-order valence-electron chi connectivity index (χ1n) is 8.84. The van der Waals surface area contributed by atoms with Crippen LogP contribution in [-0.2, 0) is 9.53 Å². The summed E-state index contributed by atoms with van der Waals surface area (Å²) < 4.78 is 11.1. The highest BCUT2D eigenvalue weighted by Gasteiger charge is 2.19. The van der Waals surface area contributed by atoms with Crippen molar-refractivity contribution in [1.29, 1.82) is 0 Å². The quantitative estimate of drug-likeness (QED) is 0.468. The van der Waals surface area contributed by atoms with E-state index in [1.807, 2.05) is 30.3 Å². The van der Waals surface area contributed by atoms with Crippen molar-refractivity contribution in [1.82, 2.24) is 20.3 Å². The van der Waals surface area contributed by atoms with Crippen LogP contribution < -0.4 is 5.32 Å². The molecule has 3 heterocycles. The summed E-state index contributed by atoms with van der Waals surface area (Å²) in [5.74, 6) is 0.376. The third-order valence-corrected chi connectivity index (χ3v) is 6.07. The second kappa shape index (κ2) is 9.16. The zero-order valence-electron chi connectivity index (χ0n) is 15.2. The average molecular weight is 431 g/mol. The summed E-state index contributed by atoms with van der Waals surface area (Å²) in [6.45, 7) is 2.36. The van der Waals surface area contributed by atoms with E-state index in [-0.39, 0.29) is 17.4 Å². The molecule has 150 valence electrons. The molecule has 9 nitrogen and oxygen atoms in total. The number of benzene rings is 1. The minimum atomic E-state index is -0.437. The fourth-order valence-electron chi connectivity index (χ4n) is 2.63. The van der Waals surface area contributed by atoms with Crippen molar-refractivity contribution in [2.45, 2.75) is 4.34 Å². The van der Waals surface area contributed by atoms with Crippen molar-refractivity contribution in [3.05, 3.63) is 42.1 Å². The maximum absolute atomic E-state index is 12.4. The smallest absolute Gasteiger partial charge is 0.279 e. The largest absolute Gasteiger partial charge is 0.378 e. The van der Waals surface area contributed by atoms with Crippen LogP contribution in [0.2, 0.25) is 0 Å². The highest BCUT2D eigenvalue weighted by Crippen LogP contribution is 2.26. The van der Waals surface area contributed by atoms with Crippen molar-refractivity contribution in [2.24, 2.45) is 0 Å². The minimum Gasteiger partial charge on any atom is -0.378 e. The van der Waals surface area contributed by atoms with Crippen molar-refractivity contribution in [3.8, 4) is 11.3 Å². The predicted molar refractivity (Wildman–Crippen MR) is 108 cm³/mol. The molecule has 11 heteroatoms. The number of amides is 2. The Morgan fingerprint density at radius 1 is 1.17 bits per heavy atom. The molecule has 0 spiro atoms. The summed E-state index contributed by atoms with van der Waals surface area (Å²) in [6, 6.07) is 11.0. The number of ether oxygens (including phenoxy) is 1. The molecule has 1 aliphatic heterocycles. The van der Waals surface area contributed by atoms with E-state index in [0.717, 1.165) is 5.56 Å². The lowest BCUT2D eigenvalue weighted by Gasteiger charge is -2.26. The molecule has 0 bridgehead atoms. The zero-order valence-corrected chi connectivity index (χ0v) is 16.9. The number of hydrogen-bond acceptors (Lipinski definition) is 9. The van der Waals surface area contributed by atoms with Gasteiger partial charge in [-0.3, -0.25) is 14.9 Å². The lowest BCUT2D eigenvalue weighted by molar-refractivity contribution is -0.132. The van der Waals surface area contributed by atoms with Crippen LogP contribution in [0.4, 0.5) is 5.13 Å². The van der Waals surface area contributed by atoms with Crippen LogP contribution >= 0.6 is 23.1 Å². The van der Waals surface area contributed by atoms with Crippen LogP contribution in [0.1, 0.15) is 10.5 Å². The van der Waals surface area contributed by atoms with Gasteiger partial charge in [0.1, 0.15) is 0 Å². The second-order valence-corrected chi connectivity index (χ2v) is 8.25. The van der Waals surface area contributed by atoms with Crippen LogP contribution in [0, 0.1) is 0 Å². The molecule has 1 aliphatic rings. The van der Waals surface area contributed by atoms with Gasteiger partial charge in [0.05, 0.1) is 19.0 Å². The van der Waals surface area contributed by atoms with Crippen molar-refractivity contribution >= 4 is 40.0 Å². The van der Waals surface area contributed by atoms with Gasteiger partial charge in [-0.2, -0.15) is 0 Å². The zero-order chi connectivity index (χ0) is 20.1. The lowest BCUT2D eigenvalue weighted by atomic mass is 10.1. The van der Waals surface area contributed by atoms with E-state index in [1.165, 1.54) is 23.1 Å². The summed E-state index contributed by atoms with van der Waals surface area (Å²) >= 11 is 2.50. The standard InChI is InChI=1S/C18H17N5O4S2/c24-15(23-6-8-26-9-7-23)11-28-18-21-20-17(29-18)19-16(25)13-10-14(27-22-13)12-4-2-1-3-5-12/h1-5,10H,6-9,11H2,(H,19,20,25). The molecule has 0 radical (unpaired) electrons. The Kier molecular flexibility index (Phi) is 6.17. The van der Waals surface area contributed by atoms with Gasteiger partial charge in [0.25, 0.3) is 5.91 Å². The summed E-state index contributed by atoms with van der Waals surface area (Å²) in [5.41, 5.74) is 0.981. The third kappa shape index (κ3) is 5.00. The molecule has 29 heavy (non-hydrogen) atoms. The number of carbonyl (C=O) groups excluding carboxylic acids is 2. The van der Waals surface area contributed by atoms with Crippen LogP contribution in [0.25, 0.3) is 11.3 Å². The fraction of sp³-hybridized carbons (Fsp3) is 0.278. The van der Waals surface area contributed by atoms with Gasteiger partial charge >= 0.3 is 0 Å². The molecular weight excluding hydrogens is 414 g/mol. The number of hydrogen-bond donors (Lipinski definition) is 1. The van der Waals surface area contributed by atoms with Crippen molar-refractivity contribution < 1.29 is 18.8 Å². The Morgan fingerprint density at radius 3 is 2.76 bits per heavy atom. The van der Waals surface area contributed by atoms with Crippen LogP contribution in [-0.4, -0.2) is 64.1 Å². The lowest BCUT2D eigenvalue weighted by Crippen LogP contribution is -2.41. The Balaban J connectivity index is 1.31. The van der Waals surface area contributed by atoms with Crippen molar-refractivity contribution in [2.75, 3.05) is 37.4 Å². The minimum absolute atomic E-state index is 0.0372. The molecule has 2 aromatic heterocycles. The first kappa shape index (κ1) is 19.6. The van der Waals surface area contributed by atoms with E-state index in [2.05, 4.69) is 20.7 Å². The second-order valence-electron chi connectivity index (χ2n) is 6.05. The molecule has 4 rings (SSSR count). The van der Waals surface area contributed by atoms with Gasteiger partial charge in [0, 0.05) is 24.7 Å². The highest BCUT2D eigenvalue weighted by molar-refractivity contribution is 8.01. The van der Waals surface area contributed by atoms with Gasteiger partial charge in [-0.25, -0.2) is 0 Å². The average Bonchev–Trinajstić information content (AvgIpc) is 3.43. The van der Waals surface area contributed by atoms with E-state index in [4.69, 9.17) is 9.26 Å². The number of carbonyl (C=O) groups is 2. The van der Waals surface area contributed by atoms with Gasteiger partial charge < -0.3 is 14.2 Å². The van der Waals surface area contributed by atoms with Gasteiger partial charge in [0.2, 0.25) is 11.0 Å². The summed E-state index contributed by atoms with van der Waals surface area (Å²) in [6.07, 6.45) is 0. The Labute approximate surface area is 174 Å². The number of anilines is 1. The number of morpholine rings is 1. The normalized spacial score (nSPS) is 14.0. The Bertz CT molecular complexity index is 985. The Hall–Kier alpha value is -2.76. The molecule has 1 N–H and O–H groups in total. The topological polar surface area (TPSA) is 110 Å². The van der Waals surface area contributed by atoms with E-state index >= 15 is 0 Å². The monoisotopic (exact) mass is 431 g/mol. The molecule has 0 aliphatic carbocycles. The van der Waals surface area contributed by atoms with Crippen LogP contribution in [0.3, 0.4) is 0 Å². The van der Waals surface area contributed by atoms with E-state index in [9.17, 15) is 9.59 Å². The molecule has 2 amide bonds. The van der Waals surface area contributed by atoms with Crippen LogP contribution in [0.15, 0.2) is 45.3 Å². The number of thioether (sulfide) groups is 1. The number of nitrogens with one attached hydrogen (secondary N) is 1. The Morgan fingerprint density at radius 2 is 1.97 bits per heavy atom. The first-order chi connectivity index (χ1) is 14.2. The maximum atomic E-state index is 12.4. The van der Waals surface area contributed by atoms with Crippen LogP contribution in [0.5, 0.6) is 0 Å². The summed E-state index contributed by atoms with van der Waals surface area (Å²) in [7, 11) is 0. The van der Waals surface area contributed by atoms with Gasteiger partial charge in [-0.15, -0.1) is 10.2 Å². The van der Waals surface area contributed by atoms with E-state index in [1.54, 1.807) is 11.0 Å². The number of rotatable bonds is 6. The third-order valence-electron chi connectivity index (χ3n) is 4.11. The molecule has 1 saturated heterocycles. The molecule has 0 atom stereocenters. The van der Waals surface area contributed by atoms with E-state index < -0.39 is 5.91 Å². The van der Waals surface area contributed by atoms with Crippen molar-refractivity contribution in [3.63, 3.8) is 0 Å². The molecular formula is C18H17N5O4S2. The molecule has 1 aromatic carbocycles. The van der Waals surface area contributed by atoms with Gasteiger partial charge in [-0.1, -0.05) is 58.6 Å². The SMILES string of the molecule is O=C(Nc1nnc(SCC(=O)N2CCOCC2)s1)c1cc(-c2ccccc2)on1. The first-order valence-corrected chi connectivity index (χ1v) is 10.6. The molecule has 1 fully saturated rings. The van der Waals surface area contributed by atoms with E-state index in [0.29, 0.717) is 41.5 Å². The number of aromatic nitrogens is 3. The highest BCUT2D eigenvalue weighted by atomic mass is 32.2. The van der Waals surface area contributed by atoms with Gasteiger partial charge in [-0.05, 0) is 0 Å². The summed E-state index contributed by atoms with van der Waals surface area (Å²) in [4.78, 5) is 26.3. The fourth-order valence-corrected chi connectivity index (χ4v) is 4.28. The molecule has 3 aromatic rings. The summed E-state index contributed by atoms with van der Waals surface area (Å²) in [5, 5.41) is 14.8. The maximum Gasteiger partial charge on any atom is 0.279 e. The molecule has 0 unspecified atom stereocenters. The molecule has 0 saturated carbocycles.